The summed E-state index contributed by atoms with van der Waals surface area (Å²) in [7, 11) is 0. The van der Waals surface area contributed by atoms with Crippen molar-refractivity contribution in [2.45, 2.75) is 31.8 Å². The van der Waals surface area contributed by atoms with E-state index in [2.05, 4.69) is 34.3 Å². The summed E-state index contributed by atoms with van der Waals surface area (Å²) in [4.78, 5) is 7.02. The quantitative estimate of drug-likeness (QED) is 0.860. The number of hydrogen-bond acceptors (Lipinski definition) is 3. The second kappa shape index (κ2) is 4.75. The van der Waals surface area contributed by atoms with E-state index in [1.807, 2.05) is 12.3 Å². The van der Waals surface area contributed by atoms with Crippen LogP contribution in [0.1, 0.15) is 31.5 Å². The fourth-order valence-corrected chi connectivity index (χ4v) is 3.21. The minimum absolute atomic E-state index is 0.369. The molecule has 1 N–H and O–H groups in total. The molecule has 0 aliphatic carbocycles. The monoisotopic (exact) mass is 231 g/mol. The second-order valence-electron chi connectivity index (χ2n) is 5.39. The molecular formula is C14H21N3. The smallest absolute Gasteiger partial charge is 0.0570 e. The molecule has 2 aliphatic rings. The Hall–Kier alpha value is -0.930. The van der Waals surface area contributed by atoms with E-state index in [1.54, 1.807) is 0 Å². The van der Waals surface area contributed by atoms with Crippen molar-refractivity contribution in [3.05, 3.63) is 30.1 Å². The number of fused-ring (bicyclic) bond motifs is 2. The van der Waals surface area contributed by atoms with Crippen molar-refractivity contribution in [2.24, 2.45) is 5.92 Å². The molecule has 2 bridgehead atoms. The molecule has 0 saturated carbocycles. The van der Waals surface area contributed by atoms with Gasteiger partial charge in [0.1, 0.15) is 0 Å². The topological polar surface area (TPSA) is 28.2 Å². The Bertz CT molecular complexity index is 365. The van der Waals surface area contributed by atoms with Gasteiger partial charge in [-0.2, -0.15) is 0 Å². The zero-order chi connectivity index (χ0) is 11.7. The molecule has 92 valence electrons. The standard InChI is InChI=1S/C14H21N3/c1-11(13-4-2-3-7-15-13)16-14-6-9-17-8-5-12(14)10-17/h2-4,7,11-12,14,16H,5-6,8-10H2,1H3/t11-,12?,14?/m0/s1. The highest BCUT2D eigenvalue weighted by Gasteiger charge is 2.34. The van der Waals surface area contributed by atoms with Gasteiger partial charge in [0.25, 0.3) is 0 Å². The Morgan fingerprint density at radius 3 is 3.06 bits per heavy atom. The Labute approximate surface area is 103 Å². The third-order valence-electron chi connectivity index (χ3n) is 4.23. The van der Waals surface area contributed by atoms with Crippen LogP contribution >= 0.6 is 0 Å². The first-order valence-corrected chi connectivity index (χ1v) is 6.72. The molecule has 0 amide bonds. The first kappa shape index (κ1) is 11.2. The van der Waals surface area contributed by atoms with Gasteiger partial charge in [-0.3, -0.25) is 4.98 Å². The summed E-state index contributed by atoms with van der Waals surface area (Å²) in [5.74, 6) is 0.856. The number of piperidine rings is 1. The van der Waals surface area contributed by atoms with Crippen LogP contribution in [0.25, 0.3) is 0 Å². The molecule has 3 nitrogen and oxygen atoms in total. The normalized spacial score (nSPS) is 33.6. The zero-order valence-corrected chi connectivity index (χ0v) is 10.5. The lowest BCUT2D eigenvalue weighted by atomic mass is 9.93. The first-order chi connectivity index (χ1) is 8.33. The number of rotatable bonds is 3. The third-order valence-corrected chi connectivity index (χ3v) is 4.23. The average molecular weight is 231 g/mol. The summed E-state index contributed by atoms with van der Waals surface area (Å²) in [6, 6.07) is 7.21. The van der Waals surface area contributed by atoms with Gasteiger partial charge in [-0.1, -0.05) is 6.07 Å². The number of aromatic nitrogens is 1. The van der Waals surface area contributed by atoms with Gasteiger partial charge in [-0.15, -0.1) is 0 Å². The van der Waals surface area contributed by atoms with E-state index in [-0.39, 0.29) is 0 Å². The van der Waals surface area contributed by atoms with Crippen LogP contribution in [0.15, 0.2) is 24.4 Å². The molecule has 0 aromatic carbocycles. The highest BCUT2D eigenvalue weighted by molar-refractivity contribution is 5.08. The summed E-state index contributed by atoms with van der Waals surface area (Å²) < 4.78 is 0. The first-order valence-electron chi connectivity index (χ1n) is 6.72. The van der Waals surface area contributed by atoms with Crippen LogP contribution < -0.4 is 5.32 Å². The SMILES string of the molecule is C[C@H](NC1CCN2CCC1C2)c1ccccn1. The molecule has 4 atom stereocenters. The fraction of sp³-hybridized carbons (Fsp3) is 0.643. The van der Waals surface area contributed by atoms with E-state index in [0.717, 1.165) is 11.6 Å². The maximum Gasteiger partial charge on any atom is 0.0570 e. The molecule has 3 heteroatoms. The van der Waals surface area contributed by atoms with Crippen LogP contribution in [-0.2, 0) is 0 Å². The Morgan fingerprint density at radius 1 is 1.35 bits per heavy atom. The van der Waals surface area contributed by atoms with Gasteiger partial charge in [0.15, 0.2) is 0 Å². The largest absolute Gasteiger partial charge is 0.306 e. The van der Waals surface area contributed by atoms with Crippen molar-refractivity contribution in [3.63, 3.8) is 0 Å². The van der Waals surface area contributed by atoms with Gasteiger partial charge in [-0.25, -0.2) is 0 Å². The molecule has 0 spiro atoms. The van der Waals surface area contributed by atoms with Crippen molar-refractivity contribution in [3.8, 4) is 0 Å². The van der Waals surface area contributed by atoms with Crippen LogP contribution in [0.5, 0.6) is 0 Å². The van der Waals surface area contributed by atoms with Crippen LogP contribution in [0, 0.1) is 5.92 Å². The zero-order valence-electron chi connectivity index (χ0n) is 10.5. The Morgan fingerprint density at radius 2 is 2.24 bits per heavy atom. The Kier molecular flexibility index (Phi) is 3.12. The molecule has 3 heterocycles. The van der Waals surface area contributed by atoms with Gasteiger partial charge in [0, 0.05) is 24.8 Å². The number of pyridine rings is 1. The van der Waals surface area contributed by atoms with Crippen LogP contribution in [0.4, 0.5) is 0 Å². The van der Waals surface area contributed by atoms with Gasteiger partial charge in [0.2, 0.25) is 0 Å². The van der Waals surface area contributed by atoms with E-state index in [9.17, 15) is 0 Å². The summed E-state index contributed by atoms with van der Waals surface area (Å²) in [5, 5.41) is 3.77. The molecule has 3 rings (SSSR count). The molecule has 17 heavy (non-hydrogen) atoms. The Balaban J connectivity index is 1.63. The fourth-order valence-electron chi connectivity index (χ4n) is 3.21. The van der Waals surface area contributed by atoms with Crippen LogP contribution in [0.2, 0.25) is 0 Å². The van der Waals surface area contributed by atoms with Crippen LogP contribution in [-0.4, -0.2) is 35.6 Å². The minimum Gasteiger partial charge on any atom is -0.306 e. The van der Waals surface area contributed by atoms with E-state index in [0.29, 0.717) is 12.1 Å². The van der Waals surface area contributed by atoms with Crippen molar-refractivity contribution < 1.29 is 0 Å². The third kappa shape index (κ3) is 2.35. The lowest BCUT2D eigenvalue weighted by Gasteiger charge is -2.33. The van der Waals surface area contributed by atoms with Crippen molar-refractivity contribution in [1.82, 2.24) is 15.2 Å². The molecule has 1 aromatic rings. The maximum absolute atomic E-state index is 4.43. The molecule has 0 radical (unpaired) electrons. The van der Waals surface area contributed by atoms with E-state index < -0.39 is 0 Å². The number of nitrogens with one attached hydrogen (secondary N) is 1. The predicted molar refractivity (Wildman–Crippen MR) is 68.7 cm³/mol. The summed E-state index contributed by atoms with van der Waals surface area (Å²) in [6.45, 7) is 6.10. The lowest BCUT2D eigenvalue weighted by Crippen LogP contribution is -2.44. The predicted octanol–water partition coefficient (Wildman–Crippen LogP) is 1.83. The molecule has 3 unspecified atom stereocenters. The molecule has 1 aromatic heterocycles. The highest BCUT2D eigenvalue weighted by Crippen LogP contribution is 2.28. The van der Waals surface area contributed by atoms with E-state index in [4.69, 9.17) is 0 Å². The van der Waals surface area contributed by atoms with Gasteiger partial charge < -0.3 is 10.2 Å². The van der Waals surface area contributed by atoms with Gasteiger partial charge in [-0.05, 0) is 50.9 Å². The van der Waals surface area contributed by atoms with Crippen molar-refractivity contribution in [2.75, 3.05) is 19.6 Å². The maximum atomic E-state index is 4.43. The number of nitrogens with zero attached hydrogens (tertiary/aromatic N) is 2. The molecule has 2 fully saturated rings. The number of hydrogen-bond donors (Lipinski definition) is 1. The average Bonchev–Trinajstić information content (AvgIpc) is 2.77. The molecule has 2 aliphatic heterocycles. The summed E-state index contributed by atoms with van der Waals surface area (Å²) in [5.41, 5.74) is 1.16. The lowest BCUT2D eigenvalue weighted by molar-refractivity contribution is 0.211. The molecular weight excluding hydrogens is 210 g/mol. The van der Waals surface area contributed by atoms with Crippen molar-refractivity contribution in [1.29, 1.82) is 0 Å². The van der Waals surface area contributed by atoms with Crippen LogP contribution in [0.3, 0.4) is 0 Å². The van der Waals surface area contributed by atoms with E-state index in [1.165, 1.54) is 32.5 Å². The summed E-state index contributed by atoms with van der Waals surface area (Å²) >= 11 is 0. The van der Waals surface area contributed by atoms with Gasteiger partial charge >= 0.3 is 0 Å². The molecule has 2 saturated heterocycles. The second-order valence-corrected chi connectivity index (χ2v) is 5.39. The van der Waals surface area contributed by atoms with Gasteiger partial charge in [0.05, 0.1) is 5.69 Å². The minimum atomic E-state index is 0.369. The highest BCUT2D eigenvalue weighted by atomic mass is 15.2. The summed E-state index contributed by atoms with van der Waals surface area (Å²) in [6.07, 6.45) is 4.54. The van der Waals surface area contributed by atoms with Crippen molar-refractivity contribution >= 4 is 0 Å². The van der Waals surface area contributed by atoms with E-state index >= 15 is 0 Å².